The fourth-order valence-corrected chi connectivity index (χ4v) is 2.12. The van der Waals surface area contributed by atoms with E-state index in [2.05, 4.69) is 26.8 Å². The molecule has 0 atom stereocenters. The van der Waals surface area contributed by atoms with Gasteiger partial charge >= 0.3 is 0 Å². The van der Waals surface area contributed by atoms with Crippen molar-refractivity contribution in [3.63, 3.8) is 0 Å². The fraction of sp³-hybridized carbons (Fsp3) is 0.0667. The molecule has 2 rings (SSSR count). The molecule has 23 heavy (non-hydrogen) atoms. The Morgan fingerprint density at radius 1 is 1.04 bits per heavy atom. The third-order valence-electron chi connectivity index (χ3n) is 2.96. The van der Waals surface area contributed by atoms with Gasteiger partial charge in [-0.15, -0.1) is 0 Å². The lowest BCUT2D eigenvalue weighted by Gasteiger charge is -2.08. The van der Waals surface area contributed by atoms with E-state index in [-0.39, 0.29) is 17.7 Å². The first-order valence-corrected chi connectivity index (χ1v) is 7.33. The predicted molar refractivity (Wildman–Crippen MR) is 86.6 cm³/mol. The molecule has 0 heterocycles. The summed E-state index contributed by atoms with van der Waals surface area (Å²) in [5.41, 5.74) is 5.01. The zero-order valence-corrected chi connectivity index (χ0v) is 13.4. The molecule has 8 heteroatoms. The lowest BCUT2D eigenvalue weighted by Crippen LogP contribution is -2.42. The number of nitro benzene ring substituents is 1. The normalized spacial score (nSPS) is 9.96. The summed E-state index contributed by atoms with van der Waals surface area (Å²) in [7, 11) is 0. The molecular weight excluding hydrogens is 366 g/mol. The summed E-state index contributed by atoms with van der Waals surface area (Å²) in [5.74, 6) is -1.03. The van der Waals surface area contributed by atoms with E-state index in [0.717, 1.165) is 4.47 Å². The number of carbonyl (C=O) groups excluding carboxylic acids is 2. The molecule has 2 N–H and O–H groups in total. The van der Waals surface area contributed by atoms with E-state index in [1.54, 1.807) is 30.3 Å². The van der Waals surface area contributed by atoms with Gasteiger partial charge < -0.3 is 0 Å². The summed E-state index contributed by atoms with van der Waals surface area (Å²) >= 11 is 3.26. The Kier molecular flexibility index (Phi) is 5.42. The van der Waals surface area contributed by atoms with E-state index in [4.69, 9.17) is 0 Å². The van der Waals surface area contributed by atoms with Crippen LogP contribution in [-0.4, -0.2) is 16.7 Å². The Morgan fingerprint density at radius 3 is 2.35 bits per heavy atom. The van der Waals surface area contributed by atoms with E-state index in [0.29, 0.717) is 5.56 Å². The number of hydrogen-bond donors (Lipinski definition) is 2. The number of nitro groups is 1. The quantitative estimate of drug-likeness (QED) is 0.630. The lowest BCUT2D eigenvalue weighted by atomic mass is 10.1. The standard InChI is InChI=1S/C15H12BrN3O4/c16-12-7-5-10(6-8-12)15(21)18-17-14(20)9-11-3-1-2-4-13(11)19(22)23/h1-8H,9H2,(H,17,20)(H,18,21). The van der Waals surface area contributed by atoms with Crippen molar-refractivity contribution < 1.29 is 14.5 Å². The number of rotatable bonds is 4. The van der Waals surface area contributed by atoms with E-state index in [9.17, 15) is 19.7 Å². The molecule has 118 valence electrons. The number of nitrogens with one attached hydrogen (secondary N) is 2. The molecule has 0 saturated carbocycles. The van der Waals surface area contributed by atoms with E-state index in [1.165, 1.54) is 18.2 Å². The molecule has 0 bridgehead atoms. The molecule has 2 aromatic rings. The van der Waals surface area contributed by atoms with Crippen LogP contribution < -0.4 is 10.9 Å². The summed E-state index contributed by atoms with van der Waals surface area (Å²) in [6, 6.07) is 12.5. The molecule has 2 amide bonds. The number of hydrogen-bond acceptors (Lipinski definition) is 4. The molecular formula is C15H12BrN3O4. The smallest absolute Gasteiger partial charge is 0.273 e. The maximum atomic E-state index is 11.8. The first-order valence-electron chi connectivity index (χ1n) is 6.54. The van der Waals surface area contributed by atoms with Gasteiger partial charge in [-0.3, -0.25) is 30.6 Å². The number of carbonyl (C=O) groups is 2. The Morgan fingerprint density at radius 2 is 1.70 bits per heavy atom. The monoisotopic (exact) mass is 377 g/mol. The van der Waals surface area contributed by atoms with Crippen LogP contribution in [0.5, 0.6) is 0 Å². The summed E-state index contributed by atoms with van der Waals surface area (Å²) < 4.78 is 0.828. The van der Waals surface area contributed by atoms with Gasteiger partial charge in [0.25, 0.3) is 11.6 Å². The number of para-hydroxylation sites is 1. The molecule has 0 saturated heterocycles. The predicted octanol–water partition coefficient (Wildman–Crippen LogP) is 2.36. The van der Waals surface area contributed by atoms with Crippen LogP contribution in [0.2, 0.25) is 0 Å². The first-order chi connectivity index (χ1) is 11.0. The summed E-state index contributed by atoms with van der Waals surface area (Å²) in [6.45, 7) is 0. The second-order valence-corrected chi connectivity index (χ2v) is 5.49. The maximum absolute atomic E-state index is 11.8. The lowest BCUT2D eigenvalue weighted by molar-refractivity contribution is -0.385. The van der Waals surface area contributed by atoms with Crippen molar-refractivity contribution in [3.05, 3.63) is 74.2 Å². The average molecular weight is 378 g/mol. The van der Waals surface area contributed by atoms with Gasteiger partial charge in [-0.25, -0.2) is 0 Å². The highest BCUT2D eigenvalue weighted by Crippen LogP contribution is 2.17. The maximum Gasteiger partial charge on any atom is 0.273 e. The zero-order valence-electron chi connectivity index (χ0n) is 11.8. The molecule has 0 radical (unpaired) electrons. The van der Waals surface area contributed by atoms with Gasteiger partial charge in [-0.2, -0.15) is 0 Å². The van der Waals surface area contributed by atoms with Crippen LogP contribution >= 0.6 is 15.9 Å². The Hall–Kier alpha value is -2.74. The number of amides is 2. The molecule has 0 unspecified atom stereocenters. The minimum Gasteiger partial charge on any atom is -0.273 e. The van der Waals surface area contributed by atoms with Crippen LogP contribution in [0.3, 0.4) is 0 Å². The highest BCUT2D eigenvalue weighted by Gasteiger charge is 2.16. The molecule has 0 aliphatic rings. The van der Waals surface area contributed by atoms with Gasteiger partial charge in [0.1, 0.15) is 0 Å². The van der Waals surface area contributed by atoms with Crippen molar-refractivity contribution >= 4 is 33.4 Å². The number of halogens is 1. The minimum absolute atomic E-state index is 0.137. The third kappa shape index (κ3) is 4.62. The molecule has 0 aliphatic heterocycles. The average Bonchev–Trinajstić information content (AvgIpc) is 2.53. The van der Waals surface area contributed by atoms with Crippen molar-refractivity contribution in [2.75, 3.05) is 0 Å². The van der Waals surface area contributed by atoms with E-state index >= 15 is 0 Å². The van der Waals surface area contributed by atoms with Crippen LogP contribution in [0.4, 0.5) is 5.69 Å². The van der Waals surface area contributed by atoms with Crippen molar-refractivity contribution in [3.8, 4) is 0 Å². The van der Waals surface area contributed by atoms with Crippen LogP contribution in [0.15, 0.2) is 53.0 Å². The van der Waals surface area contributed by atoms with E-state index < -0.39 is 16.7 Å². The van der Waals surface area contributed by atoms with Crippen LogP contribution in [0.1, 0.15) is 15.9 Å². The van der Waals surface area contributed by atoms with Gasteiger partial charge in [-0.1, -0.05) is 34.1 Å². The van der Waals surface area contributed by atoms with E-state index in [1.807, 2.05) is 0 Å². The number of hydrazine groups is 1. The Bertz CT molecular complexity index is 747. The Labute approximate surface area is 139 Å². The summed E-state index contributed by atoms with van der Waals surface area (Å²) in [5, 5.41) is 10.9. The molecule has 7 nitrogen and oxygen atoms in total. The van der Waals surface area contributed by atoms with Crippen LogP contribution in [0.25, 0.3) is 0 Å². The molecule has 0 spiro atoms. The van der Waals surface area contributed by atoms with Gasteiger partial charge in [0, 0.05) is 21.7 Å². The van der Waals surface area contributed by atoms with Crippen LogP contribution in [0, 0.1) is 10.1 Å². The van der Waals surface area contributed by atoms with Gasteiger partial charge in [-0.05, 0) is 24.3 Å². The molecule has 0 aliphatic carbocycles. The third-order valence-corrected chi connectivity index (χ3v) is 3.49. The minimum atomic E-state index is -0.553. The van der Waals surface area contributed by atoms with Crippen molar-refractivity contribution in [2.45, 2.75) is 6.42 Å². The second kappa shape index (κ2) is 7.50. The molecule has 2 aromatic carbocycles. The van der Waals surface area contributed by atoms with Crippen LogP contribution in [-0.2, 0) is 11.2 Å². The summed E-state index contributed by atoms with van der Waals surface area (Å²) in [4.78, 5) is 34.0. The van der Waals surface area contributed by atoms with Crippen molar-refractivity contribution in [2.24, 2.45) is 0 Å². The molecule has 0 fully saturated rings. The molecule has 0 aromatic heterocycles. The topological polar surface area (TPSA) is 101 Å². The highest BCUT2D eigenvalue weighted by molar-refractivity contribution is 9.10. The largest absolute Gasteiger partial charge is 0.273 e. The van der Waals surface area contributed by atoms with Crippen molar-refractivity contribution in [1.29, 1.82) is 0 Å². The second-order valence-electron chi connectivity index (χ2n) is 4.57. The Balaban J connectivity index is 1.94. The number of benzene rings is 2. The summed E-state index contributed by atoms with van der Waals surface area (Å²) in [6.07, 6.45) is -0.211. The number of nitrogens with zero attached hydrogens (tertiary/aromatic N) is 1. The zero-order chi connectivity index (χ0) is 16.8. The van der Waals surface area contributed by atoms with Gasteiger partial charge in [0.05, 0.1) is 11.3 Å². The first kappa shape index (κ1) is 16.6. The van der Waals surface area contributed by atoms with Gasteiger partial charge in [0.2, 0.25) is 5.91 Å². The fourth-order valence-electron chi connectivity index (χ4n) is 1.86. The highest BCUT2D eigenvalue weighted by atomic mass is 79.9. The van der Waals surface area contributed by atoms with Crippen molar-refractivity contribution in [1.82, 2.24) is 10.9 Å². The SMILES string of the molecule is O=C(Cc1ccccc1[N+](=O)[O-])NNC(=O)c1ccc(Br)cc1. The van der Waals surface area contributed by atoms with Gasteiger partial charge in [0.15, 0.2) is 0 Å².